The van der Waals surface area contributed by atoms with Crippen molar-refractivity contribution in [1.29, 1.82) is 0 Å². The third kappa shape index (κ3) is 4.51. The molecule has 1 heterocycles. The van der Waals surface area contributed by atoms with Gasteiger partial charge in [-0.1, -0.05) is 15.9 Å². The normalized spacial score (nSPS) is 15.0. The van der Waals surface area contributed by atoms with E-state index < -0.39 is 0 Å². The highest BCUT2D eigenvalue weighted by molar-refractivity contribution is 9.10. The lowest BCUT2D eigenvalue weighted by Gasteiger charge is -2.31. The van der Waals surface area contributed by atoms with Gasteiger partial charge in [-0.05, 0) is 71.2 Å². The average Bonchev–Trinajstić information content (AvgIpc) is 2.64. The number of piperidine rings is 1. The molecule has 0 radical (unpaired) electrons. The number of carbonyl (C=O) groups is 2. The molecule has 1 N–H and O–H groups in total. The molecule has 0 atom stereocenters. The molecule has 1 fully saturated rings. The van der Waals surface area contributed by atoms with Gasteiger partial charge in [-0.3, -0.25) is 9.59 Å². The number of nitrogens with zero attached hydrogens (tertiary/aromatic N) is 1. The van der Waals surface area contributed by atoms with Gasteiger partial charge in [-0.25, -0.2) is 4.39 Å². The highest BCUT2D eigenvalue weighted by Gasteiger charge is 2.28. The number of nitrogens with one attached hydrogen (secondary N) is 1. The van der Waals surface area contributed by atoms with Gasteiger partial charge in [0.25, 0.3) is 5.91 Å². The first-order chi connectivity index (χ1) is 12.4. The maximum Gasteiger partial charge on any atom is 0.253 e. The Labute approximate surface area is 168 Å². The molecule has 2 aromatic rings. The number of anilines is 1. The first kappa shape index (κ1) is 19.0. The summed E-state index contributed by atoms with van der Waals surface area (Å²) >= 11 is 6.61. The Hall–Kier alpha value is -1.73. The molecular formula is C19H17Br2FN2O2. The van der Waals surface area contributed by atoms with Crippen molar-refractivity contribution >= 4 is 49.4 Å². The lowest BCUT2D eigenvalue weighted by Crippen LogP contribution is -2.41. The Morgan fingerprint density at radius 2 is 1.69 bits per heavy atom. The van der Waals surface area contributed by atoms with Crippen molar-refractivity contribution in [1.82, 2.24) is 4.90 Å². The van der Waals surface area contributed by atoms with Crippen LogP contribution in [0.5, 0.6) is 0 Å². The lowest BCUT2D eigenvalue weighted by molar-refractivity contribution is -0.121. The zero-order chi connectivity index (χ0) is 18.7. The number of benzene rings is 2. The Morgan fingerprint density at radius 1 is 1.04 bits per heavy atom. The molecular weight excluding hydrogens is 467 g/mol. The standard InChI is InChI=1S/C19H17Br2FN2O2/c20-14-3-1-13(2-4-14)19(26)24-9-7-12(8-10-24)18(25)23-17-6-5-15(22)11-16(17)21/h1-6,11-12H,7-10H2,(H,23,25). The summed E-state index contributed by atoms with van der Waals surface area (Å²) < 4.78 is 14.6. The van der Waals surface area contributed by atoms with E-state index in [2.05, 4.69) is 37.2 Å². The second kappa shape index (κ2) is 8.31. The largest absolute Gasteiger partial charge is 0.339 e. The number of halogens is 3. The summed E-state index contributed by atoms with van der Waals surface area (Å²) in [6.07, 6.45) is 1.21. The Kier molecular flexibility index (Phi) is 6.09. The van der Waals surface area contributed by atoms with E-state index in [1.54, 1.807) is 17.0 Å². The maximum absolute atomic E-state index is 13.1. The molecule has 0 bridgehead atoms. The van der Waals surface area contributed by atoms with E-state index in [-0.39, 0.29) is 23.5 Å². The third-order valence-corrected chi connectivity index (χ3v) is 5.62. The van der Waals surface area contributed by atoms with E-state index in [4.69, 9.17) is 0 Å². The predicted molar refractivity (Wildman–Crippen MR) is 105 cm³/mol. The summed E-state index contributed by atoms with van der Waals surface area (Å²) in [6, 6.07) is 11.4. The molecule has 3 rings (SSSR count). The van der Waals surface area contributed by atoms with Crippen molar-refractivity contribution in [3.05, 3.63) is 62.8 Å². The van der Waals surface area contributed by atoms with Gasteiger partial charge in [0.05, 0.1) is 5.69 Å². The van der Waals surface area contributed by atoms with Crippen LogP contribution in [0.25, 0.3) is 0 Å². The van der Waals surface area contributed by atoms with E-state index >= 15 is 0 Å². The fourth-order valence-electron chi connectivity index (χ4n) is 2.95. The van der Waals surface area contributed by atoms with Crippen molar-refractivity contribution < 1.29 is 14.0 Å². The van der Waals surface area contributed by atoms with Gasteiger partial charge in [0, 0.05) is 33.5 Å². The summed E-state index contributed by atoms with van der Waals surface area (Å²) in [6.45, 7) is 1.08. The zero-order valence-electron chi connectivity index (χ0n) is 13.8. The molecule has 2 aromatic carbocycles. The number of hydrogen-bond acceptors (Lipinski definition) is 2. The molecule has 26 heavy (non-hydrogen) atoms. The molecule has 136 valence electrons. The van der Waals surface area contributed by atoms with Gasteiger partial charge in [-0.2, -0.15) is 0 Å². The quantitative estimate of drug-likeness (QED) is 0.678. The summed E-state index contributed by atoms with van der Waals surface area (Å²) in [5.41, 5.74) is 1.19. The van der Waals surface area contributed by atoms with Crippen LogP contribution in [0.3, 0.4) is 0 Å². The summed E-state index contributed by atoms with van der Waals surface area (Å²) in [4.78, 5) is 26.8. The average molecular weight is 484 g/mol. The van der Waals surface area contributed by atoms with Gasteiger partial charge in [0.15, 0.2) is 0 Å². The number of hydrogen-bond donors (Lipinski definition) is 1. The molecule has 1 saturated heterocycles. The number of likely N-dealkylation sites (tertiary alicyclic amines) is 1. The first-order valence-electron chi connectivity index (χ1n) is 8.25. The fourth-order valence-corrected chi connectivity index (χ4v) is 3.66. The topological polar surface area (TPSA) is 49.4 Å². The number of rotatable bonds is 3. The fraction of sp³-hybridized carbons (Fsp3) is 0.263. The summed E-state index contributed by atoms with van der Waals surface area (Å²) in [7, 11) is 0. The van der Waals surface area contributed by atoms with Crippen LogP contribution in [0.4, 0.5) is 10.1 Å². The second-order valence-corrected chi connectivity index (χ2v) is 7.96. The minimum Gasteiger partial charge on any atom is -0.339 e. The van der Waals surface area contributed by atoms with Crippen molar-refractivity contribution in [2.45, 2.75) is 12.8 Å². The van der Waals surface area contributed by atoms with E-state index in [9.17, 15) is 14.0 Å². The predicted octanol–water partition coefficient (Wildman–Crippen LogP) is 4.84. The van der Waals surface area contributed by atoms with Crippen LogP contribution in [-0.2, 0) is 4.79 Å². The highest BCUT2D eigenvalue weighted by Crippen LogP contribution is 2.26. The molecule has 0 saturated carbocycles. The van der Waals surface area contributed by atoms with Crippen molar-refractivity contribution in [2.75, 3.05) is 18.4 Å². The number of carbonyl (C=O) groups excluding carboxylic acids is 2. The van der Waals surface area contributed by atoms with Crippen LogP contribution in [-0.4, -0.2) is 29.8 Å². The molecule has 0 spiro atoms. The molecule has 4 nitrogen and oxygen atoms in total. The Morgan fingerprint density at radius 3 is 2.31 bits per heavy atom. The van der Waals surface area contributed by atoms with Crippen LogP contribution in [0.2, 0.25) is 0 Å². The van der Waals surface area contributed by atoms with Gasteiger partial charge in [0.2, 0.25) is 5.91 Å². The molecule has 1 aliphatic heterocycles. The van der Waals surface area contributed by atoms with E-state index in [0.29, 0.717) is 41.7 Å². The van der Waals surface area contributed by atoms with Gasteiger partial charge in [-0.15, -0.1) is 0 Å². The molecule has 1 aliphatic rings. The third-order valence-electron chi connectivity index (χ3n) is 4.43. The lowest BCUT2D eigenvalue weighted by atomic mass is 9.95. The monoisotopic (exact) mass is 482 g/mol. The van der Waals surface area contributed by atoms with Gasteiger partial charge < -0.3 is 10.2 Å². The maximum atomic E-state index is 13.1. The molecule has 7 heteroatoms. The summed E-state index contributed by atoms with van der Waals surface area (Å²) in [5, 5.41) is 2.83. The van der Waals surface area contributed by atoms with Gasteiger partial charge in [0.1, 0.15) is 5.82 Å². The molecule has 2 amide bonds. The minimum absolute atomic E-state index is 0.0161. The minimum atomic E-state index is -0.366. The van der Waals surface area contributed by atoms with Crippen LogP contribution in [0.1, 0.15) is 23.2 Å². The Bertz CT molecular complexity index is 819. The first-order valence-corrected chi connectivity index (χ1v) is 9.83. The molecule has 0 aliphatic carbocycles. The highest BCUT2D eigenvalue weighted by atomic mass is 79.9. The van der Waals surface area contributed by atoms with Crippen LogP contribution in [0, 0.1) is 11.7 Å². The SMILES string of the molecule is O=C(Nc1ccc(F)cc1Br)C1CCN(C(=O)c2ccc(Br)cc2)CC1. The smallest absolute Gasteiger partial charge is 0.253 e. The van der Waals surface area contributed by atoms with Crippen molar-refractivity contribution in [3.63, 3.8) is 0 Å². The van der Waals surface area contributed by atoms with Gasteiger partial charge >= 0.3 is 0 Å². The second-order valence-electron chi connectivity index (χ2n) is 6.19. The van der Waals surface area contributed by atoms with Crippen molar-refractivity contribution in [2.24, 2.45) is 5.92 Å². The summed E-state index contributed by atoms with van der Waals surface area (Å²) in [5.74, 6) is -0.652. The molecule has 0 aromatic heterocycles. The van der Waals surface area contributed by atoms with Crippen LogP contribution < -0.4 is 5.32 Å². The Balaban J connectivity index is 1.56. The van der Waals surface area contributed by atoms with E-state index in [1.165, 1.54) is 18.2 Å². The van der Waals surface area contributed by atoms with E-state index in [0.717, 1.165) is 4.47 Å². The van der Waals surface area contributed by atoms with Crippen molar-refractivity contribution in [3.8, 4) is 0 Å². The zero-order valence-corrected chi connectivity index (χ0v) is 17.0. The molecule has 0 unspecified atom stereocenters. The van der Waals surface area contributed by atoms with Crippen LogP contribution in [0.15, 0.2) is 51.4 Å². The van der Waals surface area contributed by atoms with Crippen LogP contribution >= 0.6 is 31.9 Å². The number of amides is 2. The van der Waals surface area contributed by atoms with E-state index in [1.807, 2.05) is 12.1 Å².